The Morgan fingerprint density at radius 2 is 1.88 bits per heavy atom. The van der Waals surface area contributed by atoms with Gasteiger partial charge in [-0.05, 0) is 39.2 Å². The van der Waals surface area contributed by atoms with Gasteiger partial charge in [0.05, 0.1) is 6.04 Å². The van der Waals surface area contributed by atoms with Crippen molar-refractivity contribution in [2.24, 2.45) is 5.73 Å². The van der Waals surface area contributed by atoms with Crippen LogP contribution in [0.25, 0.3) is 0 Å². The molecule has 1 saturated heterocycles. The summed E-state index contributed by atoms with van der Waals surface area (Å²) >= 11 is 0. The lowest BCUT2D eigenvalue weighted by atomic mass is 10.1. The van der Waals surface area contributed by atoms with Crippen molar-refractivity contribution in [3.63, 3.8) is 0 Å². The molecule has 1 aliphatic rings. The summed E-state index contributed by atoms with van der Waals surface area (Å²) in [5.41, 5.74) is 5.42. The number of amides is 1. The van der Waals surface area contributed by atoms with E-state index in [4.69, 9.17) is 10.8 Å². The van der Waals surface area contributed by atoms with Crippen molar-refractivity contribution in [3.05, 3.63) is 0 Å². The number of nitrogens with two attached hydrogens (primary N) is 1. The third kappa shape index (κ3) is 6.09. The van der Waals surface area contributed by atoms with Gasteiger partial charge in [-0.15, -0.1) is 0 Å². The molecule has 0 aromatic rings. The average Bonchev–Trinajstić information content (AvgIpc) is 3.02. The number of aliphatic carboxylic acids is 2. The van der Waals surface area contributed by atoms with Gasteiger partial charge in [0.15, 0.2) is 0 Å². The van der Waals surface area contributed by atoms with E-state index in [0.717, 1.165) is 25.7 Å². The average molecular weight is 343 g/mol. The minimum absolute atomic E-state index is 0.353. The van der Waals surface area contributed by atoms with Gasteiger partial charge >= 0.3 is 11.9 Å². The largest absolute Gasteiger partial charge is 0.480 e. The number of carbonyl (C=O) groups is 3. The maximum Gasteiger partial charge on any atom is 0.326 e. The van der Waals surface area contributed by atoms with E-state index in [2.05, 4.69) is 5.32 Å². The van der Waals surface area contributed by atoms with Crippen LogP contribution in [0.4, 0.5) is 0 Å². The molecule has 0 saturated carbocycles. The molecule has 1 aliphatic heterocycles. The van der Waals surface area contributed by atoms with Gasteiger partial charge in [-0.1, -0.05) is 19.3 Å². The van der Waals surface area contributed by atoms with Crippen LogP contribution in [-0.4, -0.2) is 64.2 Å². The molecule has 8 heteroatoms. The van der Waals surface area contributed by atoms with Crippen LogP contribution in [0.3, 0.4) is 0 Å². The van der Waals surface area contributed by atoms with E-state index in [-0.39, 0.29) is 5.91 Å². The highest BCUT2D eigenvalue weighted by atomic mass is 16.4. The Morgan fingerprint density at radius 1 is 1.21 bits per heavy atom. The van der Waals surface area contributed by atoms with E-state index in [1.54, 1.807) is 6.92 Å². The number of carboxylic acid groups (broad SMARTS) is 2. The van der Waals surface area contributed by atoms with Gasteiger partial charge in [-0.3, -0.25) is 14.9 Å². The fourth-order valence-electron chi connectivity index (χ4n) is 3.03. The summed E-state index contributed by atoms with van der Waals surface area (Å²) in [7, 11) is 0. The maximum atomic E-state index is 12.4. The van der Waals surface area contributed by atoms with Gasteiger partial charge in [0, 0.05) is 6.54 Å². The first-order valence-electron chi connectivity index (χ1n) is 8.60. The van der Waals surface area contributed by atoms with Crippen molar-refractivity contribution in [1.82, 2.24) is 10.2 Å². The first-order valence-corrected chi connectivity index (χ1v) is 8.60. The Bertz CT molecular complexity index is 443. The van der Waals surface area contributed by atoms with Crippen molar-refractivity contribution >= 4 is 17.8 Å². The van der Waals surface area contributed by atoms with E-state index in [1.165, 1.54) is 4.90 Å². The highest BCUT2D eigenvalue weighted by Crippen LogP contribution is 2.18. The predicted molar refractivity (Wildman–Crippen MR) is 88.5 cm³/mol. The second-order valence-electron chi connectivity index (χ2n) is 6.30. The molecule has 0 aromatic heterocycles. The second kappa shape index (κ2) is 10.2. The number of carbonyl (C=O) groups excluding carboxylic acids is 1. The molecule has 3 atom stereocenters. The number of likely N-dealkylation sites (tertiary alicyclic amines) is 1. The van der Waals surface area contributed by atoms with E-state index in [0.29, 0.717) is 32.4 Å². The van der Waals surface area contributed by atoms with Crippen molar-refractivity contribution in [1.29, 1.82) is 0 Å². The highest BCUT2D eigenvalue weighted by molar-refractivity contribution is 5.88. The van der Waals surface area contributed by atoms with Gasteiger partial charge < -0.3 is 20.8 Å². The van der Waals surface area contributed by atoms with Crippen LogP contribution in [0, 0.1) is 0 Å². The lowest BCUT2D eigenvalue weighted by Crippen LogP contribution is -2.53. The van der Waals surface area contributed by atoms with Crippen LogP contribution < -0.4 is 11.1 Å². The lowest BCUT2D eigenvalue weighted by Gasteiger charge is -2.27. The first kappa shape index (κ1) is 20.4. The summed E-state index contributed by atoms with van der Waals surface area (Å²) in [5.74, 6) is -2.36. The van der Waals surface area contributed by atoms with Crippen LogP contribution in [0.15, 0.2) is 0 Å². The fourth-order valence-corrected chi connectivity index (χ4v) is 3.03. The molecule has 0 unspecified atom stereocenters. The van der Waals surface area contributed by atoms with Crippen molar-refractivity contribution in [3.8, 4) is 0 Å². The van der Waals surface area contributed by atoms with Crippen LogP contribution in [0.5, 0.6) is 0 Å². The molecular weight excluding hydrogens is 314 g/mol. The third-order valence-electron chi connectivity index (χ3n) is 4.39. The van der Waals surface area contributed by atoms with E-state index < -0.39 is 30.1 Å². The standard InChI is InChI=1S/C16H29N3O5/c1-11(14(20)19-10-6-8-13(19)16(23)24)18-12(15(21)22)7-4-2-3-5-9-17/h11-13,18H,2-10,17H2,1H3,(H,21,22)(H,23,24)/t11-,12-,13-/m0/s1. The SMILES string of the molecule is C[C@H](N[C@@H](CCCCCCN)C(=O)O)C(=O)N1CCC[C@H]1C(=O)O. The number of carboxylic acids is 2. The number of unbranched alkanes of at least 4 members (excludes halogenated alkanes) is 3. The Hall–Kier alpha value is -1.67. The Kier molecular flexibility index (Phi) is 8.70. The summed E-state index contributed by atoms with van der Waals surface area (Å²) in [4.78, 5) is 36.3. The molecule has 8 nitrogen and oxygen atoms in total. The lowest BCUT2D eigenvalue weighted by molar-refractivity contribution is -0.149. The molecule has 0 spiro atoms. The van der Waals surface area contributed by atoms with Crippen LogP contribution in [0.2, 0.25) is 0 Å². The maximum absolute atomic E-state index is 12.4. The van der Waals surface area contributed by atoms with E-state index in [9.17, 15) is 19.5 Å². The highest BCUT2D eigenvalue weighted by Gasteiger charge is 2.36. The molecule has 1 amide bonds. The first-order chi connectivity index (χ1) is 11.4. The fraction of sp³-hybridized carbons (Fsp3) is 0.812. The normalized spacial score (nSPS) is 19.9. The van der Waals surface area contributed by atoms with Gasteiger partial charge in [0.1, 0.15) is 12.1 Å². The molecule has 1 fully saturated rings. The van der Waals surface area contributed by atoms with Crippen molar-refractivity contribution in [2.45, 2.75) is 70.0 Å². The quantitative estimate of drug-likeness (QED) is 0.399. The van der Waals surface area contributed by atoms with Gasteiger partial charge in [0.2, 0.25) is 5.91 Å². The molecular formula is C16H29N3O5. The number of rotatable bonds is 11. The third-order valence-corrected chi connectivity index (χ3v) is 4.39. The van der Waals surface area contributed by atoms with Crippen LogP contribution in [-0.2, 0) is 14.4 Å². The summed E-state index contributed by atoms with van der Waals surface area (Å²) < 4.78 is 0. The molecule has 1 rings (SSSR count). The summed E-state index contributed by atoms with van der Waals surface area (Å²) in [6.45, 7) is 2.62. The molecule has 5 N–H and O–H groups in total. The molecule has 0 radical (unpaired) electrons. The molecule has 0 aliphatic carbocycles. The number of hydrogen-bond donors (Lipinski definition) is 4. The zero-order chi connectivity index (χ0) is 18.1. The summed E-state index contributed by atoms with van der Waals surface area (Å²) in [6.07, 6.45) is 5.05. The zero-order valence-electron chi connectivity index (χ0n) is 14.2. The second-order valence-corrected chi connectivity index (χ2v) is 6.30. The Labute approximate surface area is 142 Å². The Balaban J connectivity index is 2.51. The van der Waals surface area contributed by atoms with Crippen LogP contribution >= 0.6 is 0 Å². The monoisotopic (exact) mass is 343 g/mol. The number of hydrogen-bond acceptors (Lipinski definition) is 5. The minimum atomic E-state index is -1.01. The van der Waals surface area contributed by atoms with E-state index >= 15 is 0 Å². The van der Waals surface area contributed by atoms with Gasteiger partial charge in [-0.2, -0.15) is 0 Å². The number of nitrogens with zero attached hydrogens (tertiary/aromatic N) is 1. The molecule has 1 heterocycles. The molecule has 24 heavy (non-hydrogen) atoms. The minimum Gasteiger partial charge on any atom is -0.480 e. The van der Waals surface area contributed by atoms with E-state index in [1.807, 2.05) is 0 Å². The molecule has 0 aromatic carbocycles. The smallest absolute Gasteiger partial charge is 0.326 e. The molecule has 138 valence electrons. The van der Waals surface area contributed by atoms with Crippen molar-refractivity contribution in [2.75, 3.05) is 13.1 Å². The zero-order valence-corrected chi connectivity index (χ0v) is 14.2. The van der Waals surface area contributed by atoms with Crippen LogP contribution in [0.1, 0.15) is 51.9 Å². The molecule has 0 bridgehead atoms. The van der Waals surface area contributed by atoms with Gasteiger partial charge in [0.25, 0.3) is 0 Å². The summed E-state index contributed by atoms with van der Waals surface area (Å²) in [6, 6.07) is -2.34. The Morgan fingerprint density at radius 3 is 2.46 bits per heavy atom. The van der Waals surface area contributed by atoms with Gasteiger partial charge in [-0.25, -0.2) is 4.79 Å². The number of nitrogens with one attached hydrogen (secondary N) is 1. The topological polar surface area (TPSA) is 133 Å². The van der Waals surface area contributed by atoms with Crippen molar-refractivity contribution < 1.29 is 24.6 Å². The summed E-state index contributed by atoms with van der Waals surface area (Å²) in [5, 5.41) is 21.3. The predicted octanol–water partition coefficient (Wildman–Crippen LogP) is 0.403.